The van der Waals surface area contributed by atoms with Crippen molar-refractivity contribution in [2.75, 3.05) is 50.3 Å². The Bertz CT molecular complexity index is 1490. The van der Waals surface area contributed by atoms with Crippen molar-refractivity contribution in [3.05, 3.63) is 45.9 Å². The van der Waals surface area contributed by atoms with Crippen LogP contribution in [-0.4, -0.2) is 92.8 Å². The maximum Gasteiger partial charge on any atom is 0.223 e. The van der Waals surface area contributed by atoms with Gasteiger partial charge in [0.2, 0.25) is 11.8 Å². The van der Waals surface area contributed by atoms with Gasteiger partial charge in [-0.05, 0) is 39.8 Å². The summed E-state index contributed by atoms with van der Waals surface area (Å²) in [6.45, 7) is 15.9. The molecule has 0 radical (unpaired) electrons. The molecule has 0 unspecified atom stereocenters. The number of amides is 2. The minimum atomic E-state index is -0.165. The number of hydrogen-bond acceptors (Lipinski definition) is 11. The summed E-state index contributed by atoms with van der Waals surface area (Å²) in [5.74, 6) is 0.666. The number of hydrogen-bond donors (Lipinski definition) is 2. The predicted molar refractivity (Wildman–Crippen MR) is 181 cm³/mol. The summed E-state index contributed by atoms with van der Waals surface area (Å²) in [5.41, 5.74) is 9.00. The Morgan fingerprint density at radius 2 is 1.78 bits per heavy atom. The molecule has 3 aromatic rings. The fraction of sp³-hybridized carbons (Fsp3) is 0.500. The SMILES string of the molecule is CC(=O)Nc1ccc(-c2nc(SCc3csc(CCC(=O)N4CCN(CCN(C(C)C)C(C)C)CC4)n3)nc(N)c2C#N)cc1. The molecule has 13 heteroatoms. The lowest BCUT2D eigenvalue weighted by molar-refractivity contribution is -0.133. The molecule has 0 spiro atoms. The monoisotopic (exact) mass is 649 g/mol. The number of thiazole rings is 1. The van der Waals surface area contributed by atoms with Crippen LogP contribution < -0.4 is 11.1 Å². The number of piperazine rings is 1. The van der Waals surface area contributed by atoms with Gasteiger partial charge >= 0.3 is 0 Å². The molecule has 3 N–H and O–H groups in total. The van der Waals surface area contributed by atoms with Crippen LogP contribution in [0.15, 0.2) is 34.8 Å². The summed E-state index contributed by atoms with van der Waals surface area (Å²) >= 11 is 2.94. The van der Waals surface area contributed by atoms with E-state index in [1.807, 2.05) is 10.3 Å². The number of carbonyl (C=O) groups is 2. The van der Waals surface area contributed by atoms with Crippen molar-refractivity contribution in [1.29, 1.82) is 5.26 Å². The molecule has 45 heavy (non-hydrogen) atoms. The minimum absolute atomic E-state index is 0.113. The number of aryl methyl sites for hydroxylation is 1. The number of nitrogens with two attached hydrogens (primary N) is 1. The molecule has 1 fully saturated rings. The molecule has 2 aromatic heterocycles. The molecule has 1 aliphatic rings. The van der Waals surface area contributed by atoms with Gasteiger partial charge in [0.05, 0.1) is 16.4 Å². The van der Waals surface area contributed by atoms with Gasteiger partial charge in [-0.15, -0.1) is 11.3 Å². The van der Waals surface area contributed by atoms with E-state index < -0.39 is 0 Å². The third-order valence-corrected chi connectivity index (χ3v) is 9.57. The van der Waals surface area contributed by atoms with Crippen LogP contribution in [0.25, 0.3) is 11.3 Å². The standard InChI is InChI=1S/C32H43N9O2S2/c1-21(2)41(22(3)4)17-14-39-12-15-40(16-13-39)29(43)11-10-28-36-26(19-44-28)20-45-32-37-30(27(18-33)31(34)38-32)24-6-8-25(9-7-24)35-23(5)42/h6-9,19,21-22H,10-17,20H2,1-5H3,(H,35,42)(H2,34,37,38). The molecule has 0 saturated carbocycles. The van der Waals surface area contributed by atoms with E-state index >= 15 is 0 Å². The summed E-state index contributed by atoms with van der Waals surface area (Å²) in [6.07, 6.45) is 1.07. The number of nitriles is 1. The van der Waals surface area contributed by atoms with Crippen molar-refractivity contribution >= 4 is 46.4 Å². The van der Waals surface area contributed by atoms with Gasteiger partial charge in [0.1, 0.15) is 17.5 Å². The molecule has 1 aliphatic heterocycles. The van der Waals surface area contributed by atoms with Crippen molar-refractivity contribution in [3.63, 3.8) is 0 Å². The summed E-state index contributed by atoms with van der Waals surface area (Å²) in [7, 11) is 0. The molecule has 3 heterocycles. The topological polar surface area (TPSA) is 144 Å². The first-order valence-corrected chi connectivity index (χ1v) is 17.2. The highest BCUT2D eigenvalue weighted by Crippen LogP contribution is 2.30. The second-order valence-electron chi connectivity index (χ2n) is 11.7. The fourth-order valence-electron chi connectivity index (χ4n) is 5.39. The summed E-state index contributed by atoms with van der Waals surface area (Å²) in [4.78, 5) is 44.9. The molecule has 0 atom stereocenters. The van der Waals surface area contributed by atoms with Gasteiger partial charge in [0.15, 0.2) is 5.16 Å². The Balaban J connectivity index is 1.26. The Labute approximate surface area is 274 Å². The van der Waals surface area contributed by atoms with E-state index in [1.54, 1.807) is 35.6 Å². The Morgan fingerprint density at radius 1 is 1.09 bits per heavy atom. The van der Waals surface area contributed by atoms with E-state index in [1.165, 1.54) is 18.7 Å². The number of rotatable bonds is 13. The number of thioether (sulfide) groups is 1. The zero-order valence-corrected chi connectivity index (χ0v) is 28.4. The average Bonchev–Trinajstić information content (AvgIpc) is 3.46. The van der Waals surface area contributed by atoms with Crippen LogP contribution in [0.4, 0.5) is 11.5 Å². The second-order valence-corrected chi connectivity index (χ2v) is 13.5. The minimum Gasteiger partial charge on any atom is -0.382 e. The molecule has 0 aliphatic carbocycles. The van der Waals surface area contributed by atoms with E-state index in [0.717, 1.165) is 50.0 Å². The molecule has 1 saturated heterocycles. The van der Waals surface area contributed by atoms with Gasteiger partial charge in [-0.25, -0.2) is 15.0 Å². The van der Waals surface area contributed by atoms with E-state index in [-0.39, 0.29) is 23.2 Å². The fourth-order valence-corrected chi connectivity index (χ4v) is 7.03. The van der Waals surface area contributed by atoms with Gasteiger partial charge in [-0.3, -0.25) is 19.4 Å². The van der Waals surface area contributed by atoms with Crippen LogP contribution in [0.2, 0.25) is 0 Å². The lowest BCUT2D eigenvalue weighted by Gasteiger charge is -2.37. The molecule has 11 nitrogen and oxygen atoms in total. The first kappa shape index (κ1) is 34.3. The Hall–Kier alpha value is -3.57. The number of carbonyl (C=O) groups excluding carboxylic acids is 2. The van der Waals surface area contributed by atoms with Crippen LogP contribution in [0, 0.1) is 11.3 Å². The van der Waals surface area contributed by atoms with Crippen LogP contribution >= 0.6 is 23.1 Å². The van der Waals surface area contributed by atoms with Crippen LogP contribution in [0.1, 0.15) is 57.3 Å². The van der Waals surface area contributed by atoms with Gasteiger partial charge in [-0.2, -0.15) is 5.26 Å². The lowest BCUT2D eigenvalue weighted by Crippen LogP contribution is -2.51. The van der Waals surface area contributed by atoms with Crippen molar-refractivity contribution in [3.8, 4) is 17.3 Å². The van der Waals surface area contributed by atoms with Gasteiger partial charge < -0.3 is 16.0 Å². The normalized spacial score (nSPS) is 13.9. The average molecular weight is 650 g/mol. The largest absolute Gasteiger partial charge is 0.382 e. The van der Waals surface area contributed by atoms with Gasteiger partial charge in [0.25, 0.3) is 0 Å². The Morgan fingerprint density at radius 3 is 2.40 bits per heavy atom. The van der Waals surface area contributed by atoms with E-state index in [0.29, 0.717) is 52.8 Å². The molecule has 1 aromatic carbocycles. The summed E-state index contributed by atoms with van der Waals surface area (Å²) in [5, 5.41) is 15.8. The van der Waals surface area contributed by atoms with Crippen LogP contribution in [0.3, 0.4) is 0 Å². The molecule has 4 rings (SSSR count). The number of nitrogens with zero attached hydrogens (tertiary/aromatic N) is 7. The molecule has 0 bridgehead atoms. The molecule has 240 valence electrons. The number of aromatic nitrogens is 3. The first-order chi connectivity index (χ1) is 21.5. The molecule has 2 amide bonds. The summed E-state index contributed by atoms with van der Waals surface area (Å²) in [6, 6.07) is 10.2. The van der Waals surface area contributed by atoms with Crippen molar-refractivity contribution in [1.82, 2.24) is 29.7 Å². The van der Waals surface area contributed by atoms with E-state index in [4.69, 9.17) is 10.7 Å². The highest BCUT2D eigenvalue weighted by Gasteiger charge is 2.23. The van der Waals surface area contributed by atoms with E-state index in [9.17, 15) is 14.9 Å². The zero-order valence-electron chi connectivity index (χ0n) is 26.7. The second kappa shape index (κ2) is 16.1. The Kier molecular flexibility index (Phi) is 12.3. The van der Waals surface area contributed by atoms with Gasteiger partial charge in [0, 0.05) is 93.5 Å². The zero-order chi connectivity index (χ0) is 32.5. The van der Waals surface area contributed by atoms with Crippen molar-refractivity contribution in [2.45, 2.75) is 70.5 Å². The maximum absolute atomic E-state index is 12.9. The quantitative estimate of drug-likeness (QED) is 0.201. The lowest BCUT2D eigenvalue weighted by atomic mass is 10.1. The van der Waals surface area contributed by atoms with E-state index in [2.05, 4.69) is 58.8 Å². The van der Waals surface area contributed by atoms with Crippen molar-refractivity contribution in [2.24, 2.45) is 0 Å². The first-order valence-electron chi connectivity index (χ1n) is 15.3. The van der Waals surface area contributed by atoms with Crippen LogP contribution in [-0.2, 0) is 21.8 Å². The molecular formula is C32H43N9O2S2. The molecular weight excluding hydrogens is 607 g/mol. The van der Waals surface area contributed by atoms with Gasteiger partial charge in [-0.1, -0.05) is 23.9 Å². The third-order valence-electron chi connectivity index (χ3n) is 7.73. The highest BCUT2D eigenvalue weighted by atomic mass is 32.2. The van der Waals surface area contributed by atoms with Crippen LogP contribution in [0.5, 0.6) is 0 Å². The maximum atomic E-state index is 12.9. The highest BCUT2D eigenvalue weighted by molar-refractivity contribution is 7.98. The smallest absolute Gasteiger partial charge is 0.223 e. The number of benzene rings is 1. The third kappa shape index (κ3) is 9.71. The summed E-state index contributed by atoms with van der Waals surface area (Å²) < 4.78 is 0. The number of nitrogens with one attached hydrogen (secondary N) is 1. The number of anilines is 2. The van der Waals surface area contributed by atoms with Crippen molar-refractivity contribution < 1.29 is 9.59 Å². The predicted octanol–water partition coefficient (Wildman–Crippen LogP) is 4.50. The number of nitrogen functional groups attached to an aromatic ring is 1.